The van der Waals surface area contributed by atoms with Gasteiger partial charge in [-0.25, -0.2) is 8.78 Å². The highest BCUT2D eigenvalue weighted by molar-refractivity contribution is 9.10. The van der Waals surface area contributed by atoms with E-state index < -0.39 is 11.6 Å². The first-order chi connectivity index (χ1) is 9.10. The monoisotopic (exact) mass is 333 g/mol. The quantitative estimate of drug-likeness (QED) is 0.632. The summed E-state index contributed by atoms with van der Waals surface area (Å²) in [6, 6.07) is 2.38. The van der Waals surface area contributed by atoms with Crippen molar-refractivity contribution in [2.45, 2.75) is 51.5 Å². The van der Waals surface area contributed by atoms with Crippen LogP contribution in [0.2, 0.25) is 0 Å². The number of benzene rings is 1. The van der Waals surface area contributed by atoms with Crippen molar-refractivity contribution in [3.05, 3.63) is 33.8 Å². The first kappa shape index (κ1) is 16.6. The van der Waals surface area contributed by atoms with E-state index in [9.17, 15) is 8.78 Å². The van der Waals surface area contributed by atoms with Crippen LogP contribution in [0.3, 0.4) is 0 Å². The Labute approximate surface area is 122 Å². The van der Waals surface area contributed by atoms with E-state index in [0.717, 1.165) is 19.3 Å². The lowest BCUT2D eigenvalue weighted by atomic mass is 9.99. The third-order valence-corrected chi connectivity index (χ3v) is 3.79. The zero-order chi connectivity index (χ0) is 14.3. The molecule has 0 fully saturated rings. The molecule has 1 N–H and O–H groups in total. The number of nitrogens with one attached hydrogen (secondary N) is 1. The zero-order valence-electron chi connectivity index (χ0n) is 11.6. The molecule has 1 atom stereocenters. The molecule has 0 aliphatic heterocycles. The number of unbranched alkanes of at least 4 members (excludes halogenated alkanes) is 4. The highest BCUT2D eigenvalue weighted by Gasteiger charge is 2.19. The Balaban J connectivity index is 2.64. The summed E-state index contributed by atoms with van der Waals surface area (Å²) in [5.74, 6) is -0.973. The molecule has 0 aromatic heterocycles. The van der Waals surface area contributed by atoms with Crippen molar-refractivity contribution in [2.24, 2.45) is 0 Å². The van der Waals surface area contributed by atoms with Gasteiger partial charge < -0.3 is 5.32 Å². The van der Waals surface area contributed by atoms with Crippen molar-refractivity contribution in [3.8, 4) is 0 Å². The Hall–Kier alpha value is -0.480. The molecule has 0 aliphatic rings. The van der Waals surface area contributed by atoms with Gasteiger partial charge in [-0.05, 0) is 25.6 Å². The second-order valence-corrected chi connectivity index (χ2v) is 5.74. The Morgan fingerprint density at radius 3 is 2.21 bits per heavy atom. The molecule has 0 aliphatic carbocycles. The number of rotatable bonds is 8. The van der Waals surface area contributed by atoms with Crippen LogP contribution in [0.25, 0.3) is 0 Å². The van der Waals surface area contributed by atoms with Crippen LogP contribution in [0.4, 0.5) is 8.78 Å². The van der Waals surface area contributed by atoms with Gasteiger partial charge in [0.25, 0.3) is 0 Å². The SMILES string of the molecule is CCCCCCCC(NC)c1c(F)cc(Br)cc1F. The average Bonchev–Trinajstić information content (AvgIpc) is 2.35. The van der Waals surface area contributed by atoms with E-state index in [-0.39, 0.29) is 11.6 Å². The summed E-state index contributed by atoms with van der Waals surface area (Å²) in [5, 5.41) is 3.02. The minimum Gasteiger partial charge on any atom is -0.313 e. The Morgan fingerprint density at radius 2 is 1.68 bits per heavy atom. The van der Waals surface area contributed by atoms with Crippen molar-refractivity contribution < 1.29 is 8.78 Å². The third kappa shape index (κ3) is 5.19. The molecule has 0 saturated heterocycles. The maximum absolute atomic E-state index is 13.9. The summed E-state index contributed by atoms with van der Waals surface area (Å²) in [6.45, 7) is 2.17. The largest absolute Gasteiger partial charge is 0.313 e. The lowest BCUT2D eigenvalue weighted by molar-refractivity contribution is 0.451. The minimum atomic E-state index is -0.486. The molecule has 0 spiro atoms. The van der Waals surface area contributed by atoms with Crippen LogP contribution < -0.4 is 5.32 Å². The molecular formula is C15H22BrF2N. The fraction of sp³-hybridized carbons (Fsp3) is 0.600. The summed E-state index contributed by atoms with van der Waals surface area (Å²) in [7, 11) is 1.75. The molecule has 0 heterocycles. The number of halogens is 3. The van der Waals surface area contributed by atoms with E-state index in [0.29, 0.717) is 4.47 Å². The fourth-order valence-electron chi connectivity index (χ4n) is 2.27. The van der Waals surface area contributed by atoms with Gasteiger partial charge in [-0.1, -0.05) is 55.0 Å². The summed E-state index contributed by atoms with van der Waals surface area (Å²) in [5.41, 5.74) is 0.154. The molecule has 4 heteroatoms. The van der Waals surface area contributed by atoms with E-state index in [1.807, 2.05) is 0 Å². The molecule has 1 unspecified atom stereocenters. The van der Waals surface area contributed by atoms with Crippen LogP contribution in [-0.2, 0) is 0 Å². The fourth-order valence-corrected chi connectivity index (χ4v) is 2.67. The molecular weight excluding hydrogens is 312 g/mol. The van der Waals surface area contributed by atoms with Gasteiger partial charge in [0, 0.05) is 16.1 Å². The lowest BCUT2D eigenvalue weighted by Gasteiger charge is -2.18. The van der Waals surface area contributed by atoms with Gasteiger partial charge >= 0.3 is 0 Å². The van der Waals surface area contributed by atoms with E-state index in [2.05, 4.69) is 28.2 Å². The molecule has 0 saturated carbocycles. The van der Waals surface area contributed by atoms with Gasteiger partial charge in [0.05, 0.1) is 0 Å². The van der Waals surface area contributed by atoms with Crippen LogP contribution in [0, 0.1) is 11.6 Å². The predicted octanol–water partition coefficient (Wildman–Crippen LogP) is 5.35. The van der Waals surface area contributed by atoms with Crippen molar-refractivity contribution >= 4 is 15.9 Å². The Kier molecular flexibility index (Phi) is 7.54. The normalized spacial score (nSPS) is 12.7. The van der Waals surface area contributed by atoms with Gasteiger partial charge in [0.15, 0.2) is 0 Å². The van der Waals surface area contributed by atoms with Crippen molar-refractivity contribution in [1.29, 1.82) is 0 Å². The Bertz CT molecular complexity index is 373. The summed E-state index contributed by atoms with van der Waals surface area (Å²) < 4.78 is 28.2. The highest BCUT2D eigenvalue weighted by Crippen LogP contribution is 2.28. The summed E-state index contributed by atoms with van der Waals surface area (Å²) in [4.78, 5) is 0. The van der Waals surface area contributed by atoms with Crippen LogP contribution in [0.5, 0.6) is 0 Å². The molecule has 19 heavy (non-hydrogen) atoms. The molecule has 1 aromatic rings. The molecule has 0 radical (unpaired) electrons. The second-order valence-electron chi connectivity index (χ2n) is 4.83. The molecule has 0 bridgehead atoms. The van der Waals surface area contributed by atoms with Crippen molar-refractivity contribution in [2.75, 3.05) is 7.05 Å². The van der Waals surface area contributed by atoms with Gasteiger partial charge in [-0.15, -0.1) is 0 Å². The number of hydrogen-bond acceptors (Lipinski definition) is 1. The molecule has 108 valence electrons. The van der Waals surface area contributed by atoms with Crippen LogP contribution in [0.1, 0.15) is 57.1 Å². The lowest BCUT2D eigenvalue weighted by Crippen LogP contribution is -2.19. The van der Waals surface area contributed by atoms with Gasteiger partial charge in [0.1, 0.15) is 11.6 Å². The molecule has 1 aromatic carbocycles. The molecule has 1 nitrogen and oxygen atoms in total. The zero-order valence-corrected chi connectivity index (χ0v) is 13.2. The number of hydrogen-bond donors (Lipinski definition) is 1. The van der Waals surface area contributed by atoms with E-state index in [1.165, 1.54) is 31.4 Å². The van der Waals surface area contributed by atoms with Crippen LogP contribution >= 0.6 is 15.9 Å². The maximum Gasteiger partial charge on any atom is 0.132 e. The maximum atomic E-state index is 13.9. The topological polar surface area (TPSA) is 12.0 Å². The van der Waals surface area contributed by atoms with Gasteiger partial charge in [-0.3, -0.25) is 0 Å². The molecule has 0 amide bonds. The smallest absolute Gasteiger partial charge is 0.132 e. The predicted molar refractivity (Wildman–Crippen MR) is 79.2 cm³/mol. The minimum absolute atomic E-state index is 0.154. The first-order valence-corrected chi connectivity index (χ1v) is 7.71. The van der Waals surface area contributed by atoms with E-state index >= 15 is 0 Å². The van der Waals surface area contributed by atoms with Crippen LogP contribution in [0.15, 0.2) is 16.6 Å². The van der Waals surface area contributed by atoms with Gasteiger partial charge in [0.2, 0.25) is 0 Å². The summed E-state index contributed by atoms with van der Waals surface area (Å²) in [6.07, 6.45) is 6.48. The van der Waals surface area contributed by atoms with Crippen molar-refractivity contribution in [3.63, 3.8) is 0 Å². The van der Waals surface area contributed by atoms with Crippen LogP contribution in [-0.4, -0.2) is 7.05 Å². The third-order valence-electron chi connectivity index (χ3n) is 3.34. The Morgan fingerprint density at radius 1 is 1.11 bits per heavy atom. The second kappa shape index (κ2) is 8.64. The first-order valence-electron chi connectivity index (χ1n) is 6.91. The standard InChI is InChI=1S/C15H22BrF2N/c1-3-4-5-6-7-8-14(19-2)15-12(17)9-11(16)10-13(15)18/h9-10,14,19H,3-8H2,1-2H3. The highest BCUT2D eigenvalue weighted by atomic mass is 79.9. The van der Waals surface area contributed by atoms with Crippen molar-refractivity contribution in [1.82, 2.24) is 5.32 Å². The average molecular weight is 334 g/mol. The van der Waals surface area contributed by atoms with E-state index in [1.54, 1.807) is 7.05 Å². The molecule has 1 rings (SSSR count). The van der Waals surface area contributed by atoms with Gasteiger partial charge in [-0.2, -0.15) is 0 Å². The summed E-state index contributed by atoms with van der Waals surface area (Å²) >= 11 is 3.10. The van der Waals surface area contributed by atoms with E-state index in [4.69, 9.17) is 0 Å².